The molecule has 0 bridgehead atoms. The summed E-state index contributed by atoms with van der Waals surface area (Å²) in [5, 5.41) is 0. The van der Waals surface area contributed by atoms with Gasteiger partial charge in [-0.15, -0.1) is 11.3 Å². The third kappa shape index (κ3) is 3.03. The predicted octanol–water partition coefficient (Wildman–Crippen LogP) is 2.73. The molecule has 6 heteroatoms. The molecule has 0 aliphatic rings. The monoisotopic (exact) mass is 310 g/mol. The Balaban J connectivity index is 2.29. The topological polar surface area (TPSA) is 72.2 Å². The fourth-order valence-electron chi connectivity index (χ4n) is 2.07. The normalized spacial score (nSPS) is 11.8. The number of sulfonamides is 1. The lowest BCUT2D eigenvalue weighted by Crippen LogP contribution is -2.24. The van der Waals surface area contributed by atoms with Crippen LogP contribution in [0.2, 0.25) is 0 Å². The van der Waals surface area contributed by atoms with Crippen LogP contribution in [0.15, 0.2) is 29.2 Å². The molecule has 0 radical (unpaired) electrons. The molecule has 0 unspecified atom stereocenters. The summed E-state index contributed by atoms with van der Waals surface area (Å²) in [6.45, 7) is 5.80. The molecule has 3 N–H and O–H groups in total. The first-order valence-electron chi connectivity index (χ1n) is 6.22. The molecular formula is C14H18N2O2S2. The molecule has 20 heavy (non-hydrogen) atoms. The van der Waals surface area contributed by atoms with E-state index in [4.69, 9.17) is 5.73 Å². The van der Waals surface area contributed by atoms with Crippen LogP contribution in [0.4, 0.5) is 5.69 Å². The summed E-state index contributed by atoms with van der Waals surface area (Å²) < 4.78 is 27.5. The third-order valence-electron chi connectivity index (χ3n) is 3.15. The molecule has 2 rings (SSSR count). The van der Waals surface area contributed by atoms with E-state index in [1.165, 1.54) is 0 Å². The Morgan fingerprint density at radius 1 is 1.15 bits per heavy atom. The first kappa shape index (κ1) is 15.0. The van der Waals surface area contributed by atoms with E-state index < -0.39 is 10.0 Å². The minimum absolute atomic E-state index is 0.283. The molecule has 1 aromatic heterocycles. The van der Waals surface area contributed by atoms with Gasteiger partial charge in [0.15, 0.2) is 0 Å². The molecule has 0 saturated heterocycles. The van der Waals surface area contributed by atoms with Gasteiger partial charge in [0.25, 0.3) is 0 Å². The van der Waals surface area contributed by atoms with E-state index in [2.05, 4.69) is 4.72 Å². The summed E-state index contributed by atoms with van der Waals surface area (Å²) in [7, 11) is -3.56. The van der Waals surface area contributed by atoms with E-state index in [1.807, 2.05) is 19.1 Å². The van der Waals surface area contributed by atoms with Crippen molar-refractivity contribution in [2.75, 3.05) is 5.73 Å². The Labute approximate surface area is 123 Å². The molecule has 0 spiro atoms. The van der Waals surface area contributed by atoms with Crippen LogP contribution in [0.5, 0.6) is 0 Å². The van der Waals surface area contributed by atoms with Crippen LogP contribution in [0.25, 0.3) is 0 Å². The van der Waals surface area contributed by atoms with Crippen molar-refractivity contribution in [3.63, 3.8) is 0 Å². The smallest absolute Gasteiger partial charge is 0.241 e. The lowest BCUT2D eigenvalue weighted by atomic mass is 10.1. The van der Waals surface area contributed by atoms with Crippen molar-refractivity contribution in [2.24, 2.45) is 0 Å². The number of thiophene rings is 1. The number of hydrogen-bond acceptors (Lipinski definition) is 4. The van der Waals surface area contributed by atoms with Gasteiger partial charge >= 0.3 is 0 Å². The summed E-state index contributed by atoms with van der Waals surface area (Å²) >= 11 is 1.58. The van der Waals surface area contributed by atoms with E-state index in [-0.39, 0.29) is 4.90 Å². The van der Waals surface area contributed by atoms with Gasteiger partial charge in [0.05, 0.1) is 4.90 Å². The van der Waals surface area contributed by atoms with Crippen LogP contribution < -0.4 is 10.5 Å². The summed E-state index contributed by atoms with van der Waals surface area (Å²) in [5.41, 5.74) is 7.59. The maximum absolute atomic E-state index is 12.4. The highest BCUT2D eigenvalue weighted by molar-refractivity contribution is 7.89. The molecule has 0 aliphatic heterocycles. The number of hydrogen-bond donors (Lipinski definition) is 2. The minimum atomic E-state index is -3.56. The zero-order valence-corrected chi connectivity index (χ0v) is 13.4. The molecular weight excluding hydrogens is 292 g/mol. The lowest BCUT2D eigenvalue weighted by molar-refractivity contribution is 0.580. The molecule has 4 nitrogen and oxygen atoms in total. The average Bonchev–Trinajstić information content (AvgIpc) is 2.78. The summed E-state index contributed by atoms with van der Waals surface area (Å²) in [4.78, 5) is 2.44. The van der Waals surface area contributed by atoms with E-state index in [0.29, 0.717) is 23.4 Å². The van der Waals surface area contributed by atoms with Gasteiger partial charge in [-0.1, -0.05) is 6.07 Å². The van der Waals surface area contributed by atoms with Gasteiger partial charge in [0, 0.05) is 22.0 Å². The van der Waals surface area contributed by atoms with Crippen LogP contribution >= 0.6 is 11.3 Å². The predicted molar refractivity (Wildman–Crippen MR) is 83.4 cm³/mol. The highest BCUT2D eigenvalue weighted by atomic mass is 32.2. The fourth-order valence-corrected chi connectivity index (χ4v) is 4.50. The van der Waals surface area contributed by atoms with Crippen LogP contribution in [-0.2, 0) is 16.6 Å². The number of aryl methyl sites for hydroxylation is 2. The number of anilines is 1. The molecule has 2 aromatic rings. The average molecular weight is 310 g/mol. The maximum atomic E-state index is 12.4. The second-order valence-corrected chi connectivity index (χ2v) is 7.84. The van der Waals surface area contributed by atoms with E-state index in [9.17, 15) is 8.42 Å². The summed E-state index contributed by atoms with van der Waals surface area (Å²) in [5.74, 6) is 0. The van der Waals surface area contributed by atoms with E-state index in [0.717, 1.165) is 9.75 Å². The highest BCUT2D eigenvalue weighted by Gasteiger charge is 2.20. The Morgan fingerprint density at radius 2 is 1.85 bits per heavy atom. The Hall–Kier alpha value is -1.37. The number of rotatable bonds is 4. The molecule has 0 saturated carbocycles. The minimum Gasteiger partial charge on any atom is -0.398 e. The number of nitrogen functional groups attached to an aromatic ring is 1. The van der Waals surface area contributed by atoms with Crippen molar-refractivity contribution in [3.8, 4) is 0 Å². The molecule has 1 aromatic carbocycles. The van der Waals surface area contributed by atoms with Gasteiger partial charge in [0.1, 0.15) is 0 Å². The molecule has 0 atom stereocenters. The van der Waals surface area contributed by atoms with Crippen molar-refractivity contribution in [2.45, 2.75) is 32.2 Å². The summed E-state index contributed by atoms with van der Waals surface area (Å²) in [6, 6.07) is 7.37. The third-order valence-corrected chi connectivity index (χ3v) is 5.84. The van der Waals surface area contributed by atoms with Gasteiger partial charge in [-0.25, -0.2) is 13.1 Å². The van der Waals surface area contributed by atoms with Crippen molar-refractivity contribution in [1.29, 1.82) is 0 Å². The van der Waals surface area contributed by atoms with Gasteiger partial charge < -0.3 is 5.73 Å². The quantitative estimate of drug-likeness (QED) is 0.853. The number of nitrogens with two attached hydrogens (primary N) is 1. The fraction of sp³-hybridized carbons (Fsp3) is 0.286. The number of benzene rings is 1. The molecule has 0 aliphatic carbocycles. The van der Waals surface area contributed by atoms with Gasteiger partial charge in [-0.05, 0) is 50.1 Å². The van der Waals surface area contributed by atoms with Crippen LogP contribution in [0, 0.1) is 20.8 Å². The van der Waals surface area contributed by atoms with Crippen molar-refractivity contribution >= 4 is 27.0 Å². The second-order valence-electron chi connectivity index (χ2n) is 4.76. The van der Waals surface area contributed by atoms with Crippen LogP contribution in [0.1, 0.15) is 20.9 Å². The van der Waals surface area contributed by atoms with E-state index >= 15 is 0 Å². The van der Waals surface area contributed by atoms with Crippen LogP contribution in [0.3, 0.4) is 0 Å². The maximum Gasteiger partial charge on any atom is 0.241 e. The molecule has 108 valence electrons. The zero-order chi connectivity index (χ0) is 14.9. The SMILES string of the molecule is Cc1ccc(CNS(=O)(=O)c2c(C)ccc(N)c2C)s1. The second kappa shape index (κ2) is 5.55. The first-order valence-corrected chi connectivity index (χ1v) is 8.52. The van der Waals surface area contributed by atoms with E-state index in [1.54, 1.807) is 37.3 Å². The standard InChI is InChI=1S/C14H18N2O2S2/c1-9-4-7-13(15)11(3)14(9)20(17,18)16-8-12-6-5-10(2)19-12/h4-7,16H,8,15H2,1-3H3. The molecule has 0 amide bonds. The molecule has 1 heterocycles. The van der Waals surface area contributed by atoms with Crippen molar-refractivity contribution < 1.29 is 8.42 Å². The Bertz CT molecular complexity index is 734. The zero-order valence-electron chi connectivity index (χ0n) is 11.7. The first-order chi connectivity index (χ1) is 9.31. The van der Waals surface area contributed by atoms with Gasteiger partial charge in [-0.2, -0.15) is 0 Å². The van der Waals surface area contributed by atoms with Gasteiger partial charge in [0.2, 0.25) is 10.0 Å². The largest absolute Gasteiger partial charge is 0.398 e. The van der Waals surface area contributed by atoms with Crippen LogP contribution in [-0.4, -0.2) is 8.42 Å². The summed E-state index contributed by atoms with van der Waals surface area (Å²) in [6.07, 6.45) is 0. The number of nitrogens with one attached hydrogen (secondary N) is 1. The molecule has 0 fully saturated rings. The van der Waals surface area contributed by atoms with Crippen molar-refractivity contribution in [3.05, 3.63) is 45.1 Å². The van der Waals surface area contributed by atoms with Gasteiger partial charge in [-0.3, -0.25) is 0 Å². The highest BCUT2D eigenvalue weighted by Crippen LogP contribution is 2.25. The van der Waals surface area contributed by atoms with Crippen molar-refractivity contribution in [1.82, 2.24) is 4.72 Å². The Kier molecular flexibility index (Phi) is 4.17. The Morgan fingerprint density at radius 3 is 2.45 bits per heavy atom. The lowest BCUT2D eigenvalue weighted by Gasteiger charge is -2.13.